The molecule has 0 aromatic carbocycles. The van der Waals surface area contributed by atoms with Crippen molar-refractivity contribution in [3.05, 3.63) is 12.4 Å². The number of rotatable bonds is 2. The van der Waals surface area contributed by atoms with E-state index in [-0.39, 0.29) is 6.04 Å². The first-order chi connectivity index (χ1) is 5.27. The van der Waals surface area contributed by atoms with Gasteiger partial charge in [0, 0.05) is 0 Å². The monoisotopic (exact) mass is 151 g/mol. The summed E-state index contributed by atoms with van der Waals surface area (Å²) in [5.74, 6) is 0.673. The fourth-order valence-corrected chi connectivity index (χ4v) is 0.697. The van der Waals surface area contributed by atoms with Crippen molar-refractivity contribution in [2.24, 2.45) is 0 Å². The van der Waals surface area contributed by atoms with Gasteiger partial charge in [-0.05, 0) is 6.92 Å². The zero-order valence-corrected chi connectivity index (χ0v) is 6.48. The molecule has 4 heteroatoms. The average molecular weight is 151 g/mol. The minimum atomic E-state index is -0.237. The Morgan fingerprint density at radius 3 is 3.00 bits per heavy atom. The molecule has 0 saturated carbocycles. The molecule has 0 N–H and O–H groups in total. The molecule has 0 aliphatic carbocycles. The van der Waals surface area contributed by atoms with Gasteiger partial charge >= 0.3 is 0 Å². The molecule has 0 aliphatic rings. The molecule has 0 aliphatic heterocycles. The minimum absolute atomic E-state index is 0.237. The Kier molecular flexibility index (Phi) is 2.12. The minimum Gasteiger partial charge on any atom is -0.493 e. The van der Waals surface area contributed by atoms with Crippen LogP contribution in [0, 0.1) is 11.3 Å². The van der Waals surface area contributed by atoms with Gasteiger partial charge in [0.05, 0.1) is 25.6 Å². The van der Waals surface area contributed by atoms with Gasteiger partial charge in [0.15, 0.2) is 5.75 Å². The van der Waals surface area contributed by atoms with Crippen molar-refractivity contribution in [2.75, 3.05) is 7.11 Å². The van der Waals surface area contributed by atoms with E-state index in [4.69, 9.17) is 10.00 Å². The second-order valence-electron chi connectivity index (χ2n) is 2.17. The quantitative estimate of drug-likeness (QED) is 0.633. The van der Waals surface area contributed by atoms with Crippen LogP contribution < -0.4 is 4.74 Å². The van der Waals surface area contributed by atoms with E-state index in [0.29, 0.717) is 5.75 Å². The molecule has 1 atom stereocenters. The molecule has 58 valence electrons. The highest BCUT2D eigenvalue weighted by Gasteiger charge is 2.03. The van der Waals surface area contributed by atoms with Crippen molar-refractivity contribution < 1.29 is 4.74 Å². The molecule has 0 saturated heterocycles. The SMILES string of the molecule is COc1cnn(C(C)C#N)c1. The first kappa shape index (κ1) is 7.61. The van der Waals surface area contributed by atoms with Crippen LogP contribution in [-0.2, 0) is 0 Å². The van der Waals surface area contributed by atoms with Gasteiger partial charge in [0.2, 0.25) is 0 Å². The largest absolute Gasteiger partial charge is 0.493 e. The predicted molar refractivity (Wildman–Crippen MR) is 39.1 cm³/mol. The summed E-state index contributed by atoms with van der Waals surface area (Å²) in [6, 6.07) is 1.83. The first-order valence-corrected chi connectivity index (χ1v) is 3.25. The summed E-state index contributed by atoms with van der Waals surface area (Å²) in [4.78, 5) is 0. The van der Waals surface area contributed by atoms with Crippen LogP contribution in [0.4, 0.5) is 0 Å². The first-order valence-electron chi connectivity index (χ1n) is 3.25. The van der Waals surface area contributed by atoms with E-state index in [1.54, 1.807) is 31.1 Å². The molecule has 1 heterocycles. The van der Waals surface area contributed by atoms with Crippen LogP contribution in [0.2, 0.25) is 0 Å². The van der Waals surface area contributed by atoms with E-state index in [0.717, 1.165) is 0 Å². The lowest BCUT2D eigenvalue weighted by Gasteiger charge is -1.99. The van der Waals surface area contributed by atoms with E-state index >= 15 is 0 Å². The molecule has 4 nitrogen and oxygen atoms in total. The maximum absolute atomic E-state index is 8.52. The van der Waals surface area contributed by atoms with Gasteiger partial charge in [-0.1, -0.05) is 0 Å². The molecule has 1 unspecified atom stereocenters. The van der Waals surface area contributed by atoms with E-state index in [9.17, 15) is 0 Å². The van der Waals surface area contributed by atoms with Crippen molar-refractivity contribution in [2.45, 2.75) is 13.0 Å². The van der Waals surface area contributed by atoms with Crippen LogP contribution in [0.25, 0.3) is 0 Å². The number of aromatic nitrogens is 2. The lowest BCUT2D eigenvalue weighted by Crippen LogP contribution is -2.01. The van der Waals surface area contributed by atoms with Crippen molar-refractivity contribution in [1.82, 2.24) is 9.78 Å². The Hall–Kier alpha value is -1.50. The number of nitrogens with zero attached hydrogens (tertiary/aromatic N) is 3. The Morgan fingerprint density at radius 1 is 1.82 bits per heavy atom. The molecule has 1 aromatic heterocycles. The van der Waals surface area contributed by atoms with Crippen molar-refractivity contribution in [3.8, 4) is 11.8 Å². The lowest BCUT2D eigenvalue weighted by molar-refractivity contribution is 0.413. The van der Waals surface area contributed by atoms with Gasteiger partial charge < -0.3 is 4.74 Å². The summed E-state index contributed by atoms with van der Waals surface area (Å²) in [6.07, 6.45) is 3.27. The van der Waals surface area contributed by atoms with Crippen LogP contribution in [0.15, 0.2) is 12.4 Å². The molecular weight excluding hydrogens is 142 g/mol. The van der Waals surface area contributed by atoms with Gasteiger partial charge in [-0.2, -0.15) is 10.4 Å². The highest BCUT2D eigenvalue weighted by atomic mass is 16.5. The van der Waals surface area contributed by atoms with E-state index in [1.807, 2.05) is 0 Å². The third kappa shape index (κ3) is 1.49. The molecule has 0 bridgehead atoms. The Balaban J connectivity index is 2.82. The van der Waals surface area contributed by atoms with Crippen LogP contribution in [0.3, 0.4) is 0 Å². The summed E-state index contributed by atoms with van der Waals surface area (Å²) in [7, 11) is 1.57. The maximum atomic E-state index is 8.52. The summed E-state index contributed by atoms with van der Waals surface area (Å²) in [5.41, 5.74) is 0. The zero-order valence-electron chi connectivity index (χ0n) is 6.48. The third-order valence-corrected chi connectivity index (χ3v) is 1.40. The summed E-state index contributed by atoms with van der Waals surface area (Å²) in [5, 5.41) is 12.4. The molecule has 1 rings (SSSR count). The summed E-state index contributed by atoms with van der Waals surface area (Å²) in [6.45, 7) is 1.77. The van der Waals surface area contributed by atoms with Crippen LogP contribution in [0.1, 0.15) is 13.0 Å². The molecule has 1 aromatic rings. The second kappa shape index (κ2) is 3.06. The van der Waals surface area contributed by atoms with Gasteiger partial charge in [0.25, 0.3) is 0 Å². The molecule has 0 fully saturated rings. The predicted octanol–water partition coefficient (Wildman–Crippen LogP) is 0.976. The topological polar surface area (TPSA) is 50.8 Å². The average Bonchev–Trinajstić information content (AvgIpc) is 2.50. The molecule has 11 heavy (non-hydrogen) atoms. The number of nitriles is 1. The van der Waals surface area contributed by atoms with Gasteiger partial charge in [-0.3, -0.25) is 4.68 Å². The van der Waals surface area contributed by atoms with Crippen LogP contribution in [0.5, 0.6) is 5.75 Å². The molecule has 0 amide bonds. The van der Waals surface area contributed by atoms with E-state index in [2.05, 4.69) is 11.2 Å². The van der Waals surface area contributed by atoms with Gasteiger partial charge in [-0.15, -0.1) is 0 Å². The Morgan fingerprint density at radius 2 is 2.55 bits per heavy atom. The third-order valence-electron chi connectivity index (χ3n) is 1.40. The van der Waals surface area contributed by atoms with Gasteiger partial charge in [-0.25, -0.2) is 0 Å². The number of ether oxygens (including phenoxy) is 1. The molecule has 0 radical (unpaired) electrons. The Labute approximate surface area is 65.0 Å². The van der Waals surface area contributed by atoms with E-state index in [1.165, 1.54) is 0 Å². The van der Waals surface area contributed by atoms with Gasteiger partial charge in [0.1, 0.15) is 6.04 Å². The normalized spacial score (nSPS) is 12.1. The summed E-state index contributed by atoms with van der Waals surface area (Å²) >= 11 is 0. The smallest absolute Gasteiger partial charge is 0.156 e. The second-order valence-corrected chi connectivity index (χ2v) is 2.17. The Bertz CT molecular complexity index is 273. The highest BCUT2D eigenvalue weighted by molar-refractivity contribution is 5.12. The fraction of sp³-hybridized carbons (Fsp3) is 0.429. The lowest BCUT2D eigenvalue weighted by atomic mass is 10.4. The van der Waals surface area contributed by atoms with Crippen LogP contribution >= 0.6 is 0 Å². The number of methoxy groups -OCH3 is 1. The zero-order chi connectivity index (χ0) is 8.27. The summed E-state index contributed by atoms with van der Waals surface area (Å²) < 4.78 is 6.45. The van der Waals surface area contributed by atoms with Crippen molar-refractivity contribution in [1.29, 1.82) is 5.26 Å². The van der Waals surface area contributed by atoms with Crippen molar-refractivity contribution >= 4 is 0 Å². The standard InChI is InChI=1S/C7H9N3O/c1-6(3-8)10-5-7(11-2)4-9-10/h4-6H,1-2H3. The number of hydrogen-bond acceptors (Lipinski definition) is 3. The highest BCUT2D eigenvalue weighted by Crippen LogP contribution is 2.10. The molecular formula is C7H9N3O. The number of hydrogen-bond donors (Lipinski definition) is 0. The molecule has 0 spiro atoms. The van der Waals surface area contributed by atoms with Crippen molar-refractivity contribution in [3.63, 3.8) is 0 Å². The fourth-order valence-electron chi connectivity index (χ4n) is 0.697. The maximum Gasteiger partial charge on any atom is 0.156 e. The van der Waals surface area contributed by atoms with Crippen LogP contribution in [-0.4, -0.2) is 16.9 Å². The van der Waals surface area contributed by atoms with E-state index < -0.39 is 0 Å².